The van der Waals surface area contributed by atoms with Gasteiger partial charge in [0.15, 0.2) is 0 Å². The zero-order valence-electron chi connectivity index (χ0n) is 12.9. The van der Waals surface area contributed by atoms with Gasteiger partial charge in [0, 0.05) is 12.6 Å². The van der Waals surface area contributed by atoms with Crippen molar-refractivity contribution in [2.45, 2.75) is 59.5 Å². The standard InChI is InChI=1S/C17H29NO/c1-5-19-17-11-7-10-16(12-17)13-18-15(4)9-6-8-14(2)3/h7,10-12,14-15,18H,5-6,8-9,13H2,1-4H3. The van der Waals surface area contributed by atoms with Crippen molar-refractivity contribution in [1.29, 1.82) is 0 Å². The highest BCUT2D eigenvalue weighted by atomic mass is 16.5. The summed E-state index contributed by atoms with van der Waals surface area (Å²) in [6.45, 7) is 10.5. The first kappa shape index (κ1) is 16.0. The van der Waals surface area contributed by atoms with Crippen molar-refractivity contribution in [2.75, 3.05) is 6.61 Å². The zero-order valence-corrected chi connectivity index (χ0v) is 12.9. The molecule has 0 radical (unpaired) electrons. The Morgan fingerprint density at radius 2 is 1.95 bits per heavy atom. The highest BCUT2D eigenvalue weighted by molar-refractivity contribution is 5.28. The molecule has 0 saturated heterocycles. The van der Waals surface area contributed by atoms with E-state index in [0.717, 1.165) is 24.8 Å². The fourth-order valence-corrected chi connectivity index (χ4v) is 2.14. The first-order valence-electron chi connectivity index (χ1n) is 7.57. The predicted molar refractivity (Wildman–Crippen MR) is 82.6 cm³/mol. The van der Waals surface area contributed by atoms with Crippen LogP contribution in [0.25, 0.3) is 0 Å². The maximum atomic E-state index is 5.52. The van der Waals surface area contributed by atoms with Gasteiger partial charge in [-0.15, -0.1) is 0 Å². The Morgan fingerprint density at radius 1 is 1.16 bits per heavy atom. The lowest BCUT2D eigenvalue weighted by molar-refractivity contribution is 0.339. The summed E-state index contributed by atoms with van der Waals surface area (Å²) in [6, 6.07) is 8.92. The van der Waals surface area contributed by atoms with E-state index in [9.17, 15) is 0 Å². The van der Waals surface area contributed by atoms with Crippen LogP contribution in [-0.2, 0) is 6.54 Å². The van der Waals surface area contributed by atoms with Gasteiger partial charge in [0.2, 0.25) is 0 Å². The lowest BCUT2D eigenvalue weighted by Crippen LogP contribution is -2.25. The third-order valence-corrected chi connectivity index (χ3v) is 3.28. The average molecular weight is 263 g/mol. The SMILES string of the molecule is CCOc1cccc(CNC(C)CCCC(C)C)c1. The number of hydrogen-bond acceptors (Lipinski definition) is 2. The molecule has 1 atom stereocenters. The summed E-state index contributed by atoms with van der Waals surface area (Å²) in [4.78, 5) is 0. The van der Waals surface area contributed by atoms with Crippen LogP contribution in [0.2, 0.25) is 0 Å². The maximum absolute atomic E-state index is 5.52. The smallest absolute Gasteiger partial charge is 0.119 e. The van der Waals surface area contributed by atoms with E-state index in [2.05, 4.69) is 44.3 Å². The van der Waals surface area contributed by atoms with Gasteiger partial charge in [-0.05, 0) is 43.9 Å². The van der Waals surface area contributed by atoms with Crippen LogP contribution in [0, 0.1) is 5.92 Å². The highest BCUT2D eigenvalue weighted by Crippen LogP contribution is 2.14. The second-order valence-electron chi connectivity index (χ2n) is 5.69. The molecule has 0 aliphatic carbocycles. The highest BCUT2D eigenvalue weighted by Gasteiger charge is 2.03. The topological polar surface area (TPSA) is 21.3 Å². The van der Waals surface area contributed by atoms with Crippen LogP contribution < -0.4 is 10.1 Å². The van der Waals surface area contributed by atoms with Gasteiger partial charge in [-0.25, -0.2) is 0 Å². The summed E-state index contributed by atoms with van der Waals surface area (Å²) in [5, 5.41) is 3.59. The largest absolute Gasteiger partial charge is 0.494 e. The summed E-state index contributed by atoms with van der Waals surface area (Å²) in [6.07, 6.45) is 3.89. The van der Waals surface area contributed by atoms with Crippen LogP contribution >= 0.6 is 0 Å². The molecule has 1 unspecified atom stereocenters. The minimum Gasteiger partial charge on any atom is -0.494 e. The molecule has 0 aliphatic heterocycles. The second-order valence-corrected chi connectivity index (χ2v) is 5.69. The van der Waals surface area contributed by atoms with Crippen molar-refractivity contribution >= 4 is 0 Å². The summed E-state index contributed by atoms with van der Waals surface area (Å²) < 4.78 is 5.52. The molecule has 0 bridgehead atoms. The van der Waals surface area contributed by atoms with Gasteiger partial charge >= 0.3 is 0 Å². The van der Waals surface area contributed by atoms with Gasteiger partial charge in [0.25, 0.3) is 0 Å². The van der Waals surface area contributed by atoms with Gasteiger partial charge < -0.3 is 10.1 Å². The monoisotopic (exact) mass is 263 g/mol. The molecular formula is C17H29NO. The molecule has 2 nitrogen and oxygen atoms in total. The normalized spacial score (nSPS) is 12.7. The van der Waals surface area contributed by atoms with Gasteiger partial charge in [-0.2, -0.15) is 0 Å². The molecule has 0 fully saturated rings. The minimum absolute atomic E-state index is 0.578. The maximum Gasteiger partial charge on any atom is 0.119 e. The van der Waals surface area contributed by atoms with E-state index < -0.39 is 0 Å². The minimum atomic E-state index is 0.578. The predicted octanol–water partition coefficient (Wildman–Crippen LogP) is 4.39. The van der Waals surface area contributed by atoms with Crippen LogP contribution in [-0.4, -0.2) is 12.6 Å². The van der Waals surface area contributed by atoms with Crippen molar-refractivity contribution in [3.05, 3.63) is 29.8 Å². The van der Waals surface area contributed by atoms with E-state index in [-0.39, 0.29) is 0 Å². The molecule has 0 saturated carbocycles. The Labute approximate surface area is 118 Å². The Balaban J connectivity index is 2.29. The van der Waals surface area contributed by atoms with E-state index in [4.69, 9.17) is 4.74 Å². The number of hydrogen-bond donors (Lipinski definition) is 1. The van der Waals surface area contributed by atoms with Crippen LogP contribution in [0.3, 0.4) is 0 Å². The molecule has 0 heterocycles. The fourth-order valence-electron chi connectivity index (χ4n) is 2.14. The molecule has 0 aromatic heterocycles. The third kappa shape index (κ3) is 7.22. The zero-order chi connectivity index (χ0) is 14.1. The first-order valence-corrected chi connectivity index (χ1v) is 7.57. The molecule has 2 heteroatoms. The summed E-state index contributed by atoms with van der Waals surface area (Å²) in [7, 11) is 0. The Kier molecular flexibility index (Phi) is 7.57. The molecule has 0 spiro atoms. The van der Waals surface area contributed by atoms with Crippen LogP contribution in [0.1, 0.15) is 52.5 Å². The molecular weight excluding hydrogens is 234 g/mol. The molecule has 1 aromatic carbocycles. The van der Waals surface area contributed by atoms with E-state index in [1.165, 1.54) is 24.8 Å². The summed E-state index contributed by atoms with van der Waals surface area (Å²) in [5.41, 5.74) is 1.29. The number of ether oxygens (including phenoxy) is 1. The van der Waals surface area contributed by atoms with E-state index in [0.29, 0.717) is 6.04 Å². The average Bonchev–Trinajstić information content (AvgIpc) is 2.37. The number of rotatable bonds is 9. The Hall–Kier alpha value is -1.02. The van der Waals surface area contributed by atoms with Crippen molar-refractivity contribution in [3.63, 3.8) is 0 Å². The molecule has 19 heavy (non-hydrogen) atoms. The summed E-state index contributed by atoms with van der Waals surface area (Å²) in [5.74, 6) is 1.78. The molecule has 0 aliphatic rings. The van der Waals surface area contributed by atoms with Crippen LogP contribution in [0.5, 0.6) is 5.75 Å². The van der Waals surface area contributed by atoms with Gasteiger partial charge in [-0.1, -0.05) is 38.8 Å². The summed E-state index contributed by atoms with van der Waals surface area (Å²) >= 11 is 0. The lowest BCUT2D eigenvalue weighted by atomic mass is 10.0. The molecule has 0 amide bonds. The van der Waals surface area contributed by atoms with Crippen LogP contribution in [0.4, 0.5) is 0 Å². The molecule has 1 aromatic rings. The molecule has 108 valence electrons. The van der Waals surface area contributed by atoms with Gasteiger partial charge in [0.1, 0.15) is 5.75 Å². The Morgan fingerprint density at radius 3 is 2.63 bits per heavy atom. The lowest BCUT2D eigenvalue weighted by Gasteiger charge is -2.15. The quantitative estimate of drug-likeness (QED) is 0.713. The Bertz CT molecular complexity index is 349. The molecule has 1 N–H and O–H groups in total. The van der Waals surface area contributed by atoms with Crippen LogP contribution in [0.15, 0.2) is 24.3 Å². The fraction of sp³-hybridized carbons (Fsp3) is 0.647. The van der Waals surface area contributed by atoms with E-state index in [1.54, 1.807) is 0 Å². The van der Waals surface area contributed by atoms with Crippen molar-refractivity contribution in [3.8, 4) is 5.75 Å². The van der Waals surface area contributed by atoms with E-state index in [1.807, 2.05) is 13.0 Å². The van der Waals surface area contributed by atoms with Crippen molar-refractivity contribution in [2.24, 2.45) is 5.92 Å². The van der Waals surface area contributed by atoms with E-state index >= 15 is 0 Å². The van der Waals surface area contributed by atoms with Gasteiger partial charge in [0.05, 0.1) is 6.61 Å². The van der Waals surface area contributed by atoms with Crippen molar-refractivity contribution < 1.29 is 4.74 Å². The first-order chi connectivity index (χ1) is 9.11. The molecule has 1 rings (SSSR count). The number of benzene rings is 1. The van der Waals surface area contributed by atoms with Crippen molar-refractivity contribution in [1.82, 2.24) is 5.32 Å². The number of nitrogens with one attached hydrogen (secondary N) is 1. The second kappa shape index (κ2) is 8.98. The van der Waals surface area contributed by atoms with Gasteiger partial charge in [-0.3, -0.25) is 0 Å². The third-order valence-electron chi connectivity index (χ3n) is 3.28.